The fourth-order valence-electron chi connectivity index (χ4n) is 15.7. The first kappa shape index (κ1) is 110. The van der Waals surface area contributed by atoms with Crippen molar-refractivity contribution in [2.24, 2.45) is 22.7 Å². The molecule has 142 heavy (non-hydrogen) atoms. The molecule has 2 aliphatic heterocycles. The highest BCUT2D eigenvalue weighted by Gasteiger charge is 2.42. The van der Waals surface area contributed by atoms with Gasteiger partial charge in [-0.3, -0.25) is 92.0 Å². The number of carboxylic acids is 2. The van der Waals surface area contributed by atoms with E-state index in [1.54, 1.807) is 73.3 Å². The van der Waals surface area contributed by atoms with Gasteiger partial charge in [-0.15, -0.1) is 23.4 Å². The number of carboxylic acid groups (broad SMARTS) is 2. The van der Waals surface area contributed by atoms with E-state index in [9.17, 15) is 86.9 Å². The molecule has 2 aliphatic rings. The van der Waals surface area contributed by atoms with Crippen molar-refractivity contribution in [1.82, 2.24) is 66.8 Å². The predicted octanol–water partition coefficient (Wildman–Crippen LogP) is 6.80. The number of Topliss-reactive ketones (excluding diaryl/α,β-unsaturated/α-hetero) is 3. The zero-order valence-electron chi connectivity index (χ0n) is 78.5. The van der Waals surface area contributed by atoms with E-state index in [2.05, 4.69) is 67.0 Å². The maximum atomic E-state index is 13.9. The Morgan fingerprint density at radius 2 is 1.34 bits per heavy atom. The second-order valence-electron chi connectivity index (χ2n) is 33.9. The number of amidine groups is 1. The van der Waals surface area contributed by atoms with Crippen LogP contribution in [0.25, 0.3) is 43.7 Å². The molecular weight excluding hydrogens is 1880 g/mol. The van der Waals surface area contributed by atoms with Gasteiger partial charge in [0.05, 0.1) is 58.8 Å². The number of likely N-dealkylation sites (tertiary alicyclic amines) is 1. The Morgan fingerprint density at radius 1 is 0.690 bits per heavy atom. The number of hydrazone groups is 1. The number of aryl methyl sites for hydroxylation is 3. The highest BCUT2D eigenvalue weighted by molar-refractivity contribution is 8.00. The molecule has 42 nitrogen and oxygen atoms in total. The number of aliphatic carboxylic acids is 2. The fraction of sp³-hybridized carbons (Fsp3) is 0.357. The first-order valence-electron chi connectivity index (χ1n) is 44.9. The summed E-state index contributed by atoms with van der Waals surface area (Å²) >= 11 is 7.11. The third-order valence-electron chi connectivity index (χ3n) is 22.7. The van der Waals surface area contributed by atoms with Crippen LogP contribution < -0.4 is 63.4 Å². The van der Waals surface area contributed by atoms with Gasteiger partial charge in [0.1, 0.15) is 35.1 Å². The number of imide groups is 1. The number of rotatable bonds is 45. The molecule has 9 amide bonds. The highest BCUT2D eigenvalue weighted by Crippen LogP contribution is 2.46. The summed E-state index contributed by atoms with van der Waals surface area (Å²) in [7, 11) is 0. The van der Waals surface area contributed by atoms with Crippen molar-refractivity contribution < 1.29 is 111 Å². The van der Waals surface area contributed by atoms with Crippen molar-refractivity contribution in [3.8, 4) is 11.5 Å². The third kappa shape index (κ3) is 31.7. The number of nitrogens with two attached hydrogens (primary N) is 2. The van der Waals surface area contributed by atoms with Crippen molar-refractivity contribution in [3.05, 3.63) is 194 Å². The number of nitrogen functional groups attached to an aromatic ring is 1. The number of carbonyl (C=O) groups excluding carboxylic acids is 17. The maximum absolute atomic E-state index is 13.9. The monoisotopic (exact) mass is 1990 g/mol. The smallest absolute Gasteiger partial charge is 0.373 e. The van der Waals surface area contributed by atoms with Crippen LogP contribution in [0.2, 0.25) is 0 Å². The van der Waals surface area contributed by atoms with Gasteiger partial charge in [-0.25, -0.2) is 15.4 Å². The molecule has 4 aromatic heterocycles. The minimum absolute atomic E-state index is 0.0524. The van der Waals surface area contributed by atoms with E-state index < -0.39 is 130 Å². The number of benzene rings is 6. The van der Waals surface area contributed by atoms with E-state index in [4.69, 9.17) is 57.1 Å². The summed E-state index contributed by atoms with van der Waals surface area (Å²) in [6, 6.07) is 32.8. The summed E-state index contributed by atoms with van der Waals surface area (Å²) in [6.45, 7) is 11.3. The molecular formula is C98H107ClN18O24S. The minimum atomic E-state index is -1.81. The second-order valence-corrected chi connectivity index (χ2v) is 35.4. The van der Waals surface area contributed by atoms with Gasteiger partial charge in [0.15, 0.2) is 29.3 Å². The van der Waals surface area contributed by atoms with Crippen molar-refractivity contribution in [2.45, 2.75) is 174 Å². The van der Waals surface area contributed by atoms with Gasteiger partial charge in [0.2, 0.25) is 41.4 Å². The molecule has 0 spiro atoms. The zero-order chi connectivity index (χ0) is 104. The number of unbranched alkanes of at least 4 members (excludes halogenated alkanes) is 1. The molecule has 16 N–H and O–H groups in total. The Kier molecular flexibility index (Phi) is 40.6. The van der Waals surface area contributed by atoms with Crippen LogP contribution >= 0.6 is 23.4 Å². The van der Waals surface area contributed by atoms with Gasteiger partial charge in [-0.05, 0) is 177 Å². The van der Waals surface area contributed by atoms with Crippen LogP contribution in [-0.4, -0.2) is 225 Å². The lowest BCUT2D eigenvalue weighted by Crippen LogP contribution is -2.55. The number of hydrogen-bond donors (Lipinski definition) is 14. The van der Waals surface area contributed by atoms with Crippen molar-refractivity contribution in [1.29, 1.82) is 5.41 Å². The number of esters is 1. The number of hydrogen-bond acceptors (Lipinski definition) is 29. The second kappa shape index (κ2) is 52.6. The molecule has 6 aromatic carbocycles. The number of alkyl halides is 1. The Bertz CT molecular complexity index is 6570. The topological polar surface area (TPSA) is 653 Å². The van der Waals surface area contributed by atoms with Crippen LogP contribution in [0.15, 0.2) is 143 Å². The highest BCUT2D eigenvalue weighted by atomic mass is 35.5. The van der Waals surface area contributed by atoms with Crippen molar-refractivity contribution in [2.75, 3.05) is 48.5 Å². The van der Waals surface area contributed by atoms with Gasteiger partial charge >= 0.3 is 30.2 Å². The first-order chi connectivity index (χ1) is 67.7. The van der Waals surface area contributed by atoms with E-state index in [1.807, 2.05) is 93.6 Å². The average Bonchev–Trinajstić information content (AvgIpc) is 1.58. The number of halogens is 1. The molecule has 7 atom stereocenters. The van der Waals surface area contributed by atoms with Crippen LogP contribution in [-0.2, 0) is 107 Å². The summed E-state index contributed by atoms with van der Waals surface area (Å²) in [6.07, 6.45) is 1.53. The number of nitrogens with one attached hydrogen (secondary N) is 10. The van der Waals surface area contributed by atoms with Crippen LogP contribution in [0.3, 0.4) is 0 Å². The SMILES string of the molecule is CC(=NNC(=O)CCN1C(=O)CC(SCC(CC(=O)[C@@H](CC(=O)O)NC(=O)[C@@H](CCCCC(=N)N)NC(=O)[C@H](C)NC(=O)CCCNC(=O)c2ccc(CCc3cnc4nc(N)[nH]c(=O)c4n3)cc2)C(=O)O)C1=O)c1ccc(OCC(=O)N[C@H](C(=O)Cc2ccc3[nH]c(C)cc3c2)C(C)C)cc1.CC(=O)Cc1ccc2[nH]c(C(=O)N3CC(CCl)c4c3cc(OC(C)=O)c3ccccc43)cc2c1.O=C=O.O=C=O. The number of thioether (sulfide) groups is 1. The van der Waals surface area contributed by atoms with Crippen LogP contribution in [0, 0.1) is 24.2 Å². The molecule has 1 saturated heterocycles. The number of carbonyl (C=O) groups is 15. The molecule has 0 radical (unpaired) electrons. The van der Waals surface area contributed by atoms with Crippen molar-refractivity contribution in [3.63, 3.8) is 0 Å². The molecule has 0 saturated carbocycles. The molecule has 12 rings (SSSR count). The van der Waals surface area contributed by atoms with Gasteiger partial charge in [-0.2, -0.15) is 29.3 Å². The van der Waals surface area contributed by atoms with E-state index >= 15 is 0 Å². The summed E-state index contributed by atoms with van der Waals surface area (Å²) < 4.78 is 11.2. The normalized spacial score (nSPS) is 14.1. The summed E-state index contributed by atoms with van der Waals surface area (Å²) in [5.41, 5.74) is 22.5. The Morgan fingerprint density at radius 3 is 1.99 bits per heavy atom. The number of aromatic nitrogens is 6. The number of anilines is 2. The number of nitrogens with zero attached hydrogens (tertiary/aromatic N) is 6. The number of aromatic amines is 3. The average molecular weight is 1990 g/mol. The van der Waals surface area contributed by atoms with E-state index in [1.165, 1.54) is 20.0 Å². The Balaban J connectivity index is 0.000000462. The van der Waals surface area contributed by atoms with Crippen LogP contribution in [0.4, 0.5) is 11.6 Å². The number of ketones is 3. The summed E-state index contributed by atoms with van der Waals surface area (Å²) in [4.78, 5) is 263. The number of ether oxygens (including phenoxy) is 2. The van der Waals surface area contributed by atoms with E-state index in [-0.39, 0.29) is 136 Å². The molecule has 1 fully saturated rings. The quantitative estimate of drug-likeness (QED) is 0.00272. The number of fused-ring (bicyclic) bond motifs is 6. The molecule has 0 bridgehead atoms. The number of H-pyrrole nitrogens is 3. The van der Waals surface area contributed by atoms with Gasteiger partial charge in [0, 0.05) is 128 Å². The maximum Gasteiger partial charge on any atom is 0.373 e. The van der Waals surface area contributed by atoms with E-state index in [0.717, 1.165) is 77.2 Å². The molecule has 3 unspecified atom stereocenters. The van der Waals surface area contributed by atoms with Gasteiger partial charge in [0.25, 0.3) is 23.3 Å². The zero-order valence-corrected chi connectivity index (χ0v) is 80.0. The molecule has 44 heteroatoms. The molecule has 10 aromatic rings. The molecule has 6 heterocycles. The standard InChI is InChI=1S/C69H84N16O16S.C27H23ClN2O4.2CO2/c1-36(2)60(52(87)29-41-15-23-48-44(28-41)27-37(3)75-48)80-57(90)34-101-47-21-18-42(19-22-47)38(4)83-84-56(89)24-26-85-58(91)32-53(67(85)98)102-35-45(68(99)100)30-51(86)50(31-59(92)93)79-65(96)49(9-6-7-10-54(70)71)78-63(94)39(5)76-55(88)11-8-25-73-64(95)43-16-12-40(13-17-43)14-20-46-33-74-62-61(77-46)66(97)82-69(72)81-62;1-15(31)9-17-7-8-22-18(10-17)11-23(29-22)27(33)30-14-19(13-28)26-21-6-4-3-5-20(21)25(12-24(26)30)34-16(2)32;2*2-1-3/h12-13,15-19,21-23,27-28,33,36,39,45,49-50,53,60,75H,6-11,14,20,24-26,29-32,34-35H2,1-5H3,(H3,70,71)(H,73,95)(H,76,88)(H,78,94)(H,79,96)(H,80,90)(H,84,89)(H,92,93)(H,99,100)(H3,72,74,81,82,97);3-8,10-12,19,29H,9,13-14H2,1-2H3;;/t39-,45?,49+,50+,53?,60-;;;/m0.../s1. The van der Waals surface area contributed by atoms with Crippen LogP contribution in [0.5, 0.6) is 11.5 Å². The largest absolute Gasteiger partial charge is 0.484 e. The lowest BCUT2D eigenvalue weighted by atomic mass is 9.95. The van der Waals surface area contributed by atoms with E-state index in [0.29, 0.717) is 83.5 Å². The van der Waals surface area contributed by atoms with Gasteiger partial charge in [-0.1, -0.05) is 68.8 Å². The number of amides is 9. The van der Waals surface area contributed by atoms with Gasteiger partial charge < -0.3 is 72.6 Å². The van der Waals surface area contributed by atoms with Crippen LogP contribution in [0.1, 0.15) is 172 Å². The summed E-state index contributed by atoms with van der Waals surface area (Å²) in [5.74, 6) is -11.3. The van der Waals surface area contributed by atoms with Crippen molar-refractivity contribution >= 4 is 191 Å². The third-order valence-corrected chi connectivity index (χ3v) is 24.4. The first-order valence-corrected chi connectivity index (χ1v) is 46.5. The molecule has 0 aliphatic carbocycles. The molecule has 746 valence electrons. The Labute approximate surface area is 820 Å². The predicted molar refractivity (Wildman–Crippen MR) is 519 cm³/mol. The fourth-order valence-corrected chi connectivity index (χ4v) is 17.2. The minimum Gasteiger partial charge on any atom is -0.484 e. The summed E-state index contributed by atoms with van der Waals surface area (Å²) in [5, 5.41) is 47.1. The lowest BCUT2D eigenvalue weighted by Gasteiger charge is -2.24. The lowest BCUT2D eigenvalue weighted by molar-refractivity contribution is -0.193. The Hall–Kier alpha value is -16.1.